The van der Waals surface area contributed by atoms with E-state index in [0.29, 0.717) is 18.8 Å². The highest BCUT2D eigenvalue weighted by atomic mass is 32.2. The maximum absolute atomic E-state index is 13.5. The van der Waals surface area contributed by atoms with Crippen LogP contribution < -0.4 is 0 Å². The molecule has 3 rings (SSSR count). The van der Waals surface area contributed by atoms with Crippen LogP contribution in [0.5, 0.6) is 0 Å². The van der Waals surface area contributed by atoms with E-state index in [-0.39, 0.29) is 6.10 Å². The molecule has 146 valence electrons. The van der Waals surface area contributed by atoms with Crippen LogP contribution in [0, 0.1) is 5.92 Å². The Morgan fingerprint density at radius 2 is 2.12 bits per heavy atom. The molecule has 0 aromatic rings. The Kier molecular flexibility index (Phi) is 7.35. The largest absolute Gasteiger partial charge is 0.367 e. The Bertz CT molecular complexity index is 532. The summed E-state index contributed by atoms with van der Waals surface area (Å²) < 4.78 is 19.3. The summed E-state index contributed by atoms with van der Waals surface area (Å²) in [6.07, 6.45) is 13.8. The molecule has 1 heterocycles. The first-order chi connectivity index (χ1) is 12.6. The lowest BCUT2D eigenvalue weighted by Crippen LogP contribution is -2.42. The van der Waals surface area contributed by atoms with E-state index in [2.05, 4.69) is 28.8 Å². The monoisotopic (exact) mass is 380 g/mol. The van der Waals surface area contributed by atoms with Gasteiger partial charge in [0.1, 0.15) is 5.67 Å². The van der Waals surface area contributed by atoms with Gasteiger partial charge < -0.3 is 4.74 Å². The number of allylic oxidation sites excluding steroid dienone is 1. The summed E-state index contributed by atoms with van der Waals surface area (Å²) in [6, 6.07) is 0. The summed E-state index contributed by atoms with van der Waals surface area (Å²) in [5.74, 6) is 1.39. The highest BCUT2D eigenvalue weighted by molar-refractivity contribution is 8.02. The molecule has 3 nitrogen and oxygen atoms in total. The number of ether oxygens (including phenoxy) is 1. The molecule has 0 spiro atoms. The van der Waals surface area contributed by atoms with Gasteiger partial charge in [0.15, 0.2) is 0 Å². The number of nitrogens with zero attached hydrogens (tertiary/aromatic N) is 2. The fourth-order valence-electron chi connectivity index (χ4n) is 4.17. The number of alkyl halides is 1. The number of hydrogen-bond donors (Lipinski definition) is 0. The number of aliphatic imine (C=N–C) groups is 1. The Morgan fingerprint density at radius 3 is 2.81 bits per heavy atom. The van der Waals surface area contributed by atoms with E-state index in [4.69, 9.17) is 4.74 Å². The lowest BCUT2D eigenvalue weighted by Gasteiger charge is -2.38. The van der Waals surface area contributed by atoms with E-state index >= 15 is 0 Å². The zero-order valence-electron chi connectivity index (χ0n) is 16.1. The van der Waals surface area contributed by atoms with Gasteiger partial charge in [-0.2, -0.15) is 0 Å². The summed E-state index contributed by atoms with van der Waals surface area (Å²) >= 11 is 1.71. The third-order valence-corrected chi connectivity index (χ3v) is 6.85. The molecule has 3 aliphatic rings. The van der Waals surface area contributed by atoms with Crippen molar-refractivity contribution in [3.8, 4) is 0 Å². The molecule has 0 atom stereocenters. The Hall–Kier alpha value is -0.650. The zero-order chi connectivity index (χ0) is 18.4. The average molecular weight is 381 g/mol. The second-order valence-corrected chi connectivity index (χ2v) is 9.23. The molecule has 0 unspecified atom stereocenters. The molecule has 0 bridgehead atoms. The van der Waals surface area contributed by atoms with Crippen molar-refractivity contribution in [2.24, 2.45) is 10.9 Å². The van der Waals surface area contributed by atoms with E-state index in [0.717, 1.165) is 37.7 Å². The fraction of sp³-hybridized carbons (Fsp3) is 0.762. The summed E-state index contributed by atoms with van der Waals surface area (Å²) in [7, 11) is 0. The first-order valence-electron chi connectivity index (χ1n) is 10.1. The van der Waals surface area contributed by atoms with Crippen molar-refractivity contribution in [2.45, 2.75) is 70.1 Å². The van der Waals surface area contributed by atoms with Crippen LogP contribution >= 0.6 is 11.8 Å². The van der Waals surface area contributed by atoms with Crippen molar-refractivity contribution < 1.29 is 9.13 Å². The van der Waals surface area contributed by atoms with Crippen molar-refractivity contribution in [3.63, 3.8) is 0 Å². The number of rotatable bonds is 8. The molecule has 1 aliphatic heterocycles. The number of hydrogen-bond acceptors (Lipinski definition) is 4. The van der Waals surface area contributed by atoms with E-state index in [1.54, 1.807) is 18.7 Å². The van der Waals surface area contributed by atoms with Crippen LogP contribution in [0.1, 0.15) is 58.3 Å². The van der Waals surface area contributed by atoms with Crippen LogP contribution in [-0.4, -0.2) is 49.0 Å². The SMILES string of the molecule is C=NC1=C(SCOC2CC(C)(F)C2)CCN(C/C=C\C2CCCCC2)C1. The summed E-state index contributed by atoms with van der Waals surface area (Å²) in [6.45, 7) is 8.34. The first kappa shape index (κ1) is 20.1. The topological polar surface area (TPSA) is 24.8 Å². The molecular weight excluding hydrogens is 347 g/mol. The van der Waals surface area contributed by atoms with E-state index < -0.39 is 5.67 Å². The van der Waals surface area contributed by atoms with Gasteiger partial charge in [0.25, 0.3) is 0 Å². The lowest BCUT2D eigenvalue weighted by atomic mass is 9.81. The maximum Gasteiger partial charge on any atom is 0.113 e. The predicted molar refractivity (Wildman–Crippen MR) is 109 cm³/mol. The van der Waals surface area contributed by atoms with Gasteiger partial charge in [0.05, 0.1) is 17.7 Å². The molecule has 26 heavy (non-hydrogen) atoms. The number of thioether (sulfide) groups is 1. The van der Waals surface area contributed by atoms with Gasteiger partial charge >= 0.3 is 0 Å². The molecule has 0 amide bonds. The van der Waals surface area contributed by atoms with Gasteiger partial charge in [0, 0.05) is 37.4 Å². The van der Waals surface area contributed by atoms with Gasteiger partial charge in [-0.3, -0.25) is 9.89 Å². The molecule has 0 radical (unpaired) electrons. The van der Waals surface area contributed by atoms with Crippen molar-refractivity contribution >= 4 is 18.5 Å². The van der Waals surface area contributed by atoms with Gasteiger partial charge in [-0.05, 0) is 38.8 Å². The van der Waals surface area contributed by atoms with Crippen molar-refractivity contribution in [1.29, 1.82) is 0 Å². The van der Waals surface area contributed by atoms with Crippen LogP contribution in [0.2, 0.25) is 0 Å². The molecule has 0 N–H and O–H groups in total. The standard InChI is InChI=1S/C21H33FN2OS/c1-21(22)13-18(14-21)25-16-26-20-10-12-24(15-19(20)23-2)11-6-9-17-7-4-3-5-8-17/h6,9,17-18H,2-5,7-8,10-16H2,1H3/b9-6-. The van der Waals surface area contributed by atoms with E-state index in [9.17, 15) is 4.39 Å². The van der Waals surface area contributed by atoms with E-state index in [1.165, 1.54) is 37.0 Å². The Labute approximate surface area is 162 Å². The summed E-state index contributed by atoms with van der Waals surface area (Å²) in [5.41, 5.74) is 0.0682. The average Bonchev–Trinajstić information content (AvgIpc) is 2.62. The quantitative estimate of drug-likeness (QED) is 0.323. The van der Waals surface area contributed by atoms with Gasteiger partial charge in [-0.15, -0.1) is 11.8 Å². The minimum Gasteiger partial charge on any atom is -0.367 e. The fourth-order valence-corrected chi connectivity index (χ4v) is 5.10. The molecule has 5 heteroatoms. The molecule has 2 aliphatic carbocycles. The van der Waals surface area contributed by atoms with Crippen molar-refractivity contribution in [2.75, 3.05) is 25.6 Å². The third-order valence-electron chi connectivity index (χ3n) is 5.81. The van der Waals surface area contributed by atoms with Gasteiger partial charge in [-0.25, -0.2) is 4.39 Å². The van der Waals surface area contributed by atoms with Gasteiger partial charge in [0.2, 0.25) is 0 Å². The minimum atomic E-state index is -1.01. The van der Waals surface area contributed by atoms with Crippen LogP contribution in [0.4, 0.5) is 4.39 Å². The zero-order valence-corrected chi connectivity index (χ0v) is 16.9. The summed E-state index contributed by atoms with van der Waals surface area (Å²) in [5, 5.41) is 0. The molecule has 2 saturated carbocycles. The highest BCUT2D eigenvalue weighted by Gasteiger charge is 2.41. The van der Waals surface area contributed by atoms with Crippen molar-refractivity contribution in [1.82, 2.24) is 4.90 Å². The lowest BCUT2D eigenvalue weighted by molar-refractivity contribution is -0.0723. The Balaban J connectivity index is 1.39. The van der Waals surface area contributed by atoms with Crippen LogP contribution in [0.15, 0.2) is 27.7 Å². The molecule has 2 fully saturated rings. The molecule has 0 aromatic carbocycles. The second-order valence-electron chi connectivity index (χ2n) is 8.21. The third kappa shape index (κ3) is 5.93. The predicted octanol–water partition coefficient (Wildman–Crippen LogP) is 5.34. The van der Waals surface area contributed by atoms with Crippen LogP contribution in [0.3, 0.4) is 0 Å². The Morgan fingerprint density at radius 1 is 1.35 bits per heavy atom. The summed E-state index contributed by atoms with van der Waals surface area (Å²) in [4.78, 5) is 7.99. The minimum absolute atomic E-state index is 0.0863. The smallest absolute Gasteiger partial charge is 0.113 e. The highest BCUT2D eigenvalue weighted by Crippen LogP contribution is 2.38. The number of halogens is 1. The molecule has 0 aromatic heterocycles. The molecule has 0 saturated heterocycles. The van der Waals surface area contributed by atoms with Crippen molar-refractivity contribution in [3.05, 3.63) is 22.8 Å². The van der Waals surface area contributed by atoms with Gasteiger partial charge in [-0.1, -0.05) is 31.4 Å². The normalized spacial score (nSPS) is 31.4. The maximum atomic E-state index is 13.5. The second kappa shape index (κ2) is 9.52. The molecular formula is C21H33FN2OS. The first-order valence-corrected chi connectivity index (χ1v) is 11.1. The van der Waals surface area contributed by atoms with E-state index in [1.807, 2.05) is 0 Å². The van der Waals surface area contributed by atoms with Crippen LogP contribution in [-0.2, 0) is 4.74 Å². The van der Waals surface area contributed by atoms with Crippen LogP contribution in [0.25, 0.3) is 0 Å².